The number of nitrogens with zero attached hydrogens (tertiary/aromatic N) is 3. The van der Waals surface area contributed by atoms with E-state index in [0.717, 1.165) is 53.0 Å². The summed E-state index contributed by atoms with van der Waals surface area (Å²) in [7, 11) is 1.64. The quantitative estimate of drug-likeness (QED) is 0.440. The number of hydrogen-bond acceptors (Lipinski definition) is 7. The maximum absolute atomic E-state index is 12.6. The molecular weight excluding hydrogens is 440 g/mol. The zero-order valence-electron chi connectivity index (χ0n) is 19.0. The van der Waals surface area contributed by atoms with Crippen LogP contribution in [0.2, 0.25) is 0 Å². The number of hydrogen-bond donors (Lipinski definition) is 1. The van der Waals surface area contributed by atoms with Crippen LogP contribution in [0, 0.1) is 0 Å². The summed E-state index contributed by atoms with van der Waals surface area (Å²) in [5.41, 5.74) is 1.93. The van der Waals surface area contributed by atoms with Crippen LogP contribution in [0.5, 0.6) is 17.2 Å². The fourth-order valence-electron chi connectivity index (χ4n) is 3.55. The van der Waals surface area contributed by atoms with Gasteiger partial charge in [-0.1, -0.05) is 31.2 Å². The van der Waals surface area contributed by atoms with Gasteiger partial charge in [0.2, 0.25) is 12.7 Å². The molecule has 1 aromatic heterocycles. The van der Waals surface area contributed by atoms with Crippen LogP contribution in [-0.2, 0) is 11.3 Å². The molecule has 0 fully saturated rings. The standard InChI is InChI=1S/C24H28N4O4S/c1-4-5-12-28-23(17-6-9-19(30-3)10-7-17)26-27-24(28)33-14-22(29)25-16(2)18-8-11-20-21(13-18)32-15-31-20/h6-11,13,16H,4-5,12,14-15H2,1-3H3,(H,25,29). The number of unbranched alkanes of at least 4 members (excludes halogenated alkanes) is 1. The molecule has 0 bridgehead atoms. The Morgan fingerprint density at radius 3 is 2.73 bits per heavy atom. The van der Waals surface area contributed by atoms with E-state index in [4.69, 9.17) is 14.2 Å². The molecule has 9 heteroatoms. The van der Waals surface area contributed by atoms with E-state index in [1.165, 1.54) is 11.8 Å². The van der Waals surface area contributed by atoms with Crippen molar-refractivity contribution in [3.8, 4) is 28.6 Å². The third-order valence-electron chi connectivity index (χ3n) is 5.41. The third-order valence-corrected chi connectivity index (χ3v) is 6.37. The molecule has 0 saturated carbocycles. The Kier molecular flexibility index (Phi) is 7.39. The Bertz CT molecular complexity index is 1100. The summed E-state index contributed by atoms with van der Waals surface area (Å²) in [5.74, 6) is 3.21. The van der Waals surface area contributed by atoms with Crippen LogP contribution >= 0.6 is 11.8 Å². The lowest BCUT2D eigenvalue weighted by Crippen LogP contribution is -2.28. The van der Waals surface area contributed by atoms with Gasteiger partial charge in [0.25, 0.3) is 0 Å². The first-order valence-electron chi connectivity index (χ1n) is 11.0. The van der Waals surface area contributed by atoms with Gasteiger partial charge in [-0.05, 0) is 55.3 Å². The number of fused-ring (bicyclic) bond motifs is 1. The second-order valence-corrected chi connectivity index (χ2v) is 8.67. The minimum Gasteiger partial charge on any atom is -0.497 e. The van der Waals surface area contributed by atoms with Crippen molar-refractivity contribution in [2.24, 2.45) is 0 Å². The second-order valence-electron chi connectivity index (χ2n) is 7.73. The Balaban J connectivity index is 1.41. The molecule has 1 aliphatic rings. The highest BCUT2D eigenvalue weighted by Gasteiger charge is 2.19. The topological polar surface area (TPSA) is 87.5 Å². The molecule has 0 spiro atoms. The summed E-state index contributed by atoms with van der Waals surface area (Å²) in [6.45, 7) is 5.12. The molecule has 1 N–H and O–H groups in total. The van der Waals surface area contributed by atoms with E-state index < -0.39 is 0 Å². The van der Waals surface area contributed by atoms with Gasteiger partial charge in [-0.3, -0.25) is 4.79 Å². The van der Waals surface area contributed by atoms with E-state index in [2.05, 4.69) is 27.0 Å². The zero-order valence-corrected chi connectivity index (χ0v) is 19.9. The third kappa shape index (κ3) is 5.42. The Hall–Kier alpha value is -3.20. The fraction of sp³-hybridized carbons (Fsp3) is 0.375. The largest absolute Gasteiger partial charge is 0.497 e. The van der Waals surface area contributed by atoms with Gasteiger partial charge in [0.05, 0.1) is 18.9 Å². The van der Waals surface area contributed by atoms with E-state index in [9.17, 15) is 4.79 Å². The highest BCUT2D eigenvalue weighted by molar-refractivity contribution is 7.99. The average Bonchev–Trinajstić information content (AvgIpc) is 3.47. The van der Waals surface area contributed by atoms with Gasteiger partial charge in [0.1, 0.15) is 5.75 Å². The molecule has 0 radical (unpaired) electrons. The monoisotopic (exact) mass is 468 g/mol. The number of carbonyl (C=O) groups excluding carboxylic acids is 1. The highest BCUT2D eigenvalue weighted by atomic mass is 32.2. The number of thioether (sulfide) groups is 1. The van der Waals surface area contributed by atoms with Crippen molar-refractivity contribution in [3.63, 3.8) is 0 Å². The smallest absolute Gasteiger partial charge is 0.231 e. The number of amides is 1. The summed E-state index contributed by atoms with van der Waals surface area (Å²) in [4.78, 5) is 12.6. The van der Waals surface area contributed by atoms with Gasteiger partial charge >= 0.3 is 0 Å². The molecule has 8 nitrogen and oxygen atoms in total. The maximum Gasteiger partial charge on any atom is 0.231 e. The number of rotatable bonds is 10. The van der Waals surface area contributed by atoms with Gasteiger partial charge in [0.15, 0.2) is 22.5 Å². The number of nitrogens with one attached hydrogen (secondary N) is 1. The summed E-state index contributed by atoms with van der Waals surface area (Å²) in [6.07, 6.45) is 2.06. The first-order chi connectivity index (χ1) is 16.1. The van der Waals surface area contributed by atoms with E-state index >= 15 is 0 Å². The minimum absolute atomic E-state index is 0.0683. The van der Waals surface area contributed by atoms with Crippen LogP contribution in [-0.4, -0.2) is 40.3 Å². The molecule has 174 valence electrons. The molecule has 2 aromatic carbocycles. The molecule has 3 aromatic rings. The molecule has 33 heavy (non-hydrogen) atoms. The number of ether oxygens (including phenoxy) is 3. The van der Waals surface area contributed by atoms with Crippen molar-refractivity contribution in [2.45, 2.75) is 44.4 Å². The van der Waals surface area contributed by atoms with Gasteiger partial charge in [-0.25, -0.2) is 0 Å². The van der Waals surface area contributed by atoms with E-state index in [0.29, 0.717) is 5.75 Å². The highest BCUT2D eigenvalue weighted by Crippen LogP contribution is 2.34. The first kappa shape index (κ1) is 23.0. The molecule has 4 rings (SSSR count). The van der Waals surface area contributed by atoms with Gasteiger partial charge in [-0.15, -0.1) is 10.2 Å². The lowest BCUT2D eigenvalue weighted by atomic mass is 10.1. The van der Waals surface area contributed by atoms with Crippen molar-refractivity contribution in [1.82, 2.24) is 20.1 Å². The average molecular weight is 469 g/mol. The molecule has 1 atom stereocenters. The normalized spacial score (nSPS) is 13.1. The lowest BCUT2D eigenvalue weighted by Gasteiger charge is -2.15. The predicted octanol–water partition coefficient (Wildman–Crippen LogP) is 4.45. The van der Waals surface area contributed by atoms with Crippen molar-refractivity contribution in [2.75, 3.05) is 19.7 Å². The van der Waals surface area contributed by atoms with Crippen LogP contribution < -0.4 is 19.5 Å². The van der Waals surface area contributed by atoms with Crippen molar-refractivity contribution >= 4 is 17.7 Å². The number of carbonyl (C=O) groups is 1. The summed E-state index contributed by atoms with van der Waals surface area (Å²) < 4.78 is 18.1. The van der Waals surface area contributed by atoms with Gasteiger partial charge in [-0.2, -0.15) is 0 Å². The van der Waals surface area contributed by atoms with Gasteiger partial charge < -0.3 is 24.1 Å². The van der Waals surface area contributed by atoms with E-state index in [-0.39, 0.29) is 24.5 Å². The van der Waals surface area contributed by atoms with Gasteiger partial charge in [0, 0.05) is 12.1 Å². The molecular formula is C24H28N4O4S. The predicted molar refractivity (Wildman–Crippen MR) is 127 cm³/mol. The van der Waals surface area contributed by atoms with Crippen molar-refractivity contribution < 1.29 is 19.0 Å². The van der Waals surface area contributed by atoms with Crippen molar-refractivity contribution in [1.29, 1.82) is 0 Å². The SMILES string of the molecule is CCCCn1c(SCC(=O)NC(C)c2ccc3c(c2)OCO3)nnc1-c1ccc(OC)cc1. The van der Waals surface area contributed by atoms with Crippen LogP contribution in [0.1, 0.15) is 38.3 Å². The number of benzene rings is 2. The maximum atomic E-state index is 12.6. The fourth-order valence-corrected chi connectivity index (χ4v) is 4.32. The van der Waals surface area contributed by atoms with Crippen LogP contribution in [0.15, 0.2) is 47.6 Å². The van der Waals surface area contributed by atoms with Crippen molar-refractivity contribution in [3.05, 3.63) is 48.0 Å². The molecule has 1 amide bonds. The minimum atomic E-state index is -0.152. The summed E-state index contributed by atoms with van der Waals surface area (Å²) >= 11 is 1.39. The molecule has 2 heterocycles. The van der Waals surface area contributed by atoms with E-state index in [1.807, 2.05) is 49.4 Å². The Morgan fingerprint density at radius 2 is 1.97 bits per heavy atom. The van der Waals surface area contributed by atoms with Crippen LogP contribution in [0.3, 0.4) is 0 Å². The number of aromatic nitrogens is 3. The second kappa shape index (κ2) is 10.6. The van der Waals surface area contributed by atoms with E-state index in [1.54, 1.807) is 7.11 Å². The summed E-state index contributed by atoms with van der Waals surface area (Å²) in [6, 6.07) is 13.3. The Morgan fingerprint density at radius 1 is 1.18 bits per heavy atom. The Labute approximate surface area is 197 Å². The molecule has 1 unspecified atom stereocenters. The van der Waals surface area contributed by atoms with Crippen LogP contribution in [0.4, 0.5) is 0 Å². The summed E-state index contributed by atoms with van der Waals surface area (Å²) in [5, 5.41) is 12.6. The zero-order chi connectivity index (χ0) is 23.2. The number of methoxy groups -OCH3 is 1. The first-order valence-corrected chi connectivity index (χ1v) is 12.0. The molecule has 1 aliphatic heterocycles. The molecule has 0 saturated heterocycles. The van der Waals surface area contributed by atoms with Crippen LogP contribution in [0.25, 0.3) is 11.4 Å². The lowest BCUT2D eigenvalue weighted by molar-refractivity contribution is -0.119. The molecule has 0 aliphatic carbocycles.